The molecule has 0 spiro atoms. The number of fused-ring (bicyclic) bond motifs is 3. The molecule has 6 heteroatoms. The number of nitrogens with one attached hydrogen (secondary N) is 1. The van der Waals surface area contributed by atoms with Crippen molar-refractivity contribution in [2.75, 3.05) is 5.32 Å². The van der Waals surface area contributed by atoms with E-state index in [4.69, 9.17) is 16.6 Å². The lowest BCUT2D eigenvalue weighted by atomic mass is 9.97. The highest BCUT2D eigenvalue weighted by Crippen LogP contribution is 2.34. The molecule has 26 heavy (non-hydrogen) atoms. The lowest BCUT2D eigenvalue weighted by Crippen LogP contribution is -2.25. The van der Waals surface area contributed by atoms with E-state index >= 15 is 0 Å². The largest absolute Gasteiger partial charge is 0.351 e. The fourth-order valence-corrected chi connectivity index (χ4v) is 4.96. The third kappa shape index (κ3) is 3.17. The van der Waals surface area contributed by atoms with Crippen molar-refractivity contribution in [1.29, 1.82) is 0 Å². The van der Waals surface area contributed by atoms with Crippen LogP contribution in [0.15, 0.2) is 41.7 Å². The number of hydrogen-bond acceptors (Lipinski definition) is 4. The van der Waals surface area contributed by atoms with Gasteiger partial charge in [0.15, 0.2) is 0 Å². The minimum Gasteiger partial charge on any atom is -0.351 e. The Labute approximate surface area is 161 Å². The number of nitrogens with zero attached hydrogens (tertiary/aromatic N) is 2. The summed E-state index contributed by atoms with van der Waals surface area (Å²) in [5, 5.41) is 4.81. The summed E-state index contributed by atoms with van der Waals surface area (Å²) >= 11 is 7.73. The zero-order chi connectivity index (χ0) is 18.1. The van der Waals surface area contributed by atoms with Gasteiger partial charge in [-0.15, -0.1) is 17.9 Å². The Bertz CT molecular complexity index is 1040. The van der Waals surface area contributed by atoms with Crippen molar-refractivity contribution in [1.82, 2.24) is 9.55 Å². The predicted molar refractivity (Wildman–Crippen MR) is 109 cm³/mol. The Hall–Kier alpha value is -2.11. The van der Waals surface area contributed by atoms with Crippen LogP contribution >= 0.6 is 22.9 Å². The van der Waals surface area contributed by atoms with Crippen molar-refractivity contribution in [3.63, 3.8) is 0 Å². The molecule has 0 bridgehead atoms. The number of allylic oxidation sites excluding steroid dienone is 1. The molecular weight excluding hydrogens is 366 g/mol. The molecule has 0 fully saturated rings. The van der Waals surface area contributed by atoms with Crippen LogP contribution in [0.2, 0.25) is 5.02 Å². The summed E-state index contributed by atoms with van der Waals surface area (Å²) in [4.78, 5) is 20.1. The number of halogens is 1. The maximum Gasteiger partial charge on any atom is 0.264 e. The second-order valence-electron chi connectivity index (χ2n) is 6.51. The molecule has 1 N–H and O–H groups in total. The highest BCUT2D eigenvalue weighted by Gasteiger charge is 2.21. The van der Waals surface area contributed by atoms with Crippen molar-refractivity contribution in [2.24, 2.45) is 0 Å². The second kappa shape index (κ2) is 7.25. The maximum absolute atomic E-state index is 13.2. The molecule has 4 rings (SSSR count). The second-order valence-corrected chi connectivity index (χ2v) is 8.03. The average molecular weight is 386 g/mol. The Morgan fingerprint density at radius 3 is 3.00 bits per heavy atom. The SMILES string of the molecule is C=CCn1c(NCc2cccc(Cl)c2)nc2sc3c(c2c1=O)CCCC3. The third-order valence-corrected chi connectivity index (χ3v) is 6.15. The quantitative estimate of drug-likeness (QED) is 0.642. The molecule has 4 nitrogen and oxygen atoms in total. The Morgan fingerprint density at radius 2 is 2.19 bits per heavy atom. The van der Waals surface area contributed by atoms with E-state index in [1.54, 1.807) is 22.0 Å². The molecule has 2 aromatic heterocycles. The molecule has 2 heterocycles. The minimum atomic E-state index is 0.0305. The van der Waals surface area contributed by atoms with Gasteiger partial charge in [0, 0.05) is 23.0 Å². The summed E-state index contributed by atoms with van der Waals surface area (Å²) in [6.45, 7) is 4.78. The standard InChI is InChI=1S/C20H20ClN3OS/c1-2-10-24-19(25)17-15-8-3-4-9-16(15)26-18(17)23-20(24)22-12-13-6-5-7-14(21)11-13/h2,5-7,11H,1,3-4,8-10,12H2,(H,22,23). The van der Waals surface area contributed by atoms with Crippen molar-refractivity contribution >= 4 is 39.1 Å². The number of aromatic nitrogens is 2. The van der Waals surface area contributed by atoms with Crippen molar-refractivity contribution < 1.29 is 0 Å². The average Bonchev–Trinajstić information content (AvgIpc) is 3.01. The predicted octanol–water partition coefficient (Wildman–Crippen LogP) is 4.79. The molecule has 0 saturated heterocycles. The molecule has 134 valence electrons. The molecule has 1 aliphatic carbocycles. The van der Waals surface area contributed by atoms with Gasteiger partial charge in [-0.05, 0) is 48.9 Å². The van der Waals surface area contributed by atoms with Crippen LogP contribution < -0.4 is 10.9 Å². The molecule has 1 aromatic carbocycles. The smallest absolute Gasteiger partial charge is 0.264 e. The third-order valence-electron chi connectivity index (χ3n) is 4.73. The number of rotatable bonds is 5. The van der Waals surface area contributed by atoms with E-state index in [-0.39, 0.29) is 5.56 Å². The first-order valence-corrected chi connectivity index (χ1v) is 10.0. The van der Waals surface area contributed by atoms with Gasteiger partial charge in [-0.25, -0.2) is 4.98 Å². The molecule has 0 saturated carbocycles. The van der Waals surface area contributed by atoms with Crippen molar-refractivity contribution in [3.8, 4) is 0 Å². The van der Waals surface area contributed by atoms with Gasteiger partial charge in [0.2, 0.25) is 5.95 Å². The molecule has 0 atom stereocenters. The summed E-state index contributed by atoms with van der Waals surface area (Å²) in [6, 6.07) is 7.67. The Morgan fingerprint density at radius 1 is 1.35 bits per heavy atom. The molecule has 0 radical (unpaired) electrons. The Balaban J connectivity index is 1.76. The van der Waals surface area contributed by atoms with Gasteiger partial charge in [-0.3, -0.25) is 9.36 Å². The van der Waals surface area contributed by atoms with Crippen LogP contribution in [0.1, 0.15) is 28.8 Å². The van der Waals surface area contributed by atoms with Crippen LogP contribution in [0.25, 0.3) is 10.2 Å². The maximum atomic E-state index is 13.2. The summed E-state index contributed by atoms with van der Waals surface area (Å²) in [6.07, 6.45) is 6.12. The number of aryl methyl sites for hydroxylation is 2. The van der Waals surface area contributed by atoms with Crippen LogP contribution in [-0.4, -0.2) is 9.55 Å². The van der Waals surface area contributed by atoms with E-state index in [2.05, 4.69) is 11.9 Å². The normalized spacial score (nSPS) is 13.6. The fraction of sp³-hybridized carbons (Fsp3) is 0.300. The van der Waals surface area contributed by atoms with Gasteiger partial charge < -0.3 is 5.32 Å². The molecule has 3 aromatic rings. The number of benzene rings is 1. The van der Waals surface area contributed by atoms with Crippen LogP contribution in [-0.2, 0) is 25.9 Å². The van der Waals surface area contributed by atoms with E-state index in [0.717, 1.165) is 35.0 Å². The first-order chi connectivity index (χ1) is 12.7. The number of hydrogen-bond donors (Lipinski definition) is 1. The zero-order valence-electron chi connectivity index (χ0n) is 14.4. The number of anilines is 1. The van der Waals surface area contributed by atoms with Gasteiger partial charge in [-0.1, -0.05) is 29.8 Å². The first-order valence-electron chi connectivity index (χ1n) is 8.81. The summed E-state index contributed by atoms with van der Waals surface area (Å²) in [7, 11) is 0. The van der Waals surface area contributed by atoms with Crippen LogP contribution in [0.3, 0.4) is 0 Å². The van der Waals surface area contributed by atoms with Crippen LogP contribution in [0, 0.1) is 0 Å². The lowest BCUT2D eigenvalue weighted by molar-refractivity contribution is 0.698. The highest BCUT2D eigenvalue weighted by atomic mass is 35.5. The van der Waals surface area contributed by atoms with Crippen LogP contribution in [0.5, 0.6) is 0 Å². The summed E-state index contributed by atoms with van der Waals surface area (Å²) in [5.74, 6) is 0.584. The molecule has 0 unspecified atom stereocenters. The van der Waals surface area contributed by atoms with E-state index in [9.17, 15) is 4.79 Å². The molecule has 0 aliphatic heterocycles. The topological polar surface area (TPSA) is 46.9 Å². The van der Waals surface area contributed by atoms with Gasteiger partial charge in [0.05, 0.1) is 5.39 Å². The molecule has 1 aliphatic rings. The molecule has 0 amide bonds. The Kier molecular flexibility index (Phi) is 4.83. The lowest BCUT2D eigenvalue weighted by Gasteiger charge is -2.14. The zero-order valence-corrected chi connectivity index (χ0v) is 16.0. The highest BCUT2D eigenvalue weighted by molar-refractivity contribution is 7.18. The minimum absolute atomic E-state index is 0.0305. The fourth-order valence-electron chi connectivity index (χ4n) is 3.50. The van der Waals surface area contributed by atoms with Crippen molar-refractivity contribution in [3.05, 3.63) is 68.3 Å². The van der Waals surface area contributed by atoms with Gasteiger partial charge >= 0.3 is 0 Å². The van der Waals surface area contributed by atoms with E-state index in [0.29, 0.717) is 24.1 Å². The van der Waals surface area contributed by atoms with Gasteiger partial charge in [0.1, 0.15) is 4.83 Å². The van der Waals surface area contributed by atoms with E-state index in [1.165, 1.54) is 16.9 Å². The van der Waals surface area contributed by atoms with Crippen LogP contribution in [0.4, 0.5) is 5.95 Å². The first kappa shape index (κ1) is 17.3. The number of thiophene rings is 1. The molecular formula is C20H20ClN3OS. The van der Waals surface area contributed by atoms with Crippen molar-refractivity contribution in [2.45, 2.75) is 38.8 Å². The van der Waals surface area contributed by atoms with E-state index in [1.807, 2.05) is 24.3 Å². The van der Waals surface area contributed by atoms with Gasteiger partial charge in [-0.2, -0.15) is 0 Å². The summed E-state index contributed by atoms with van der Waals surface area (Å²) < 4.78 is 1.68. The van der Waals surface area contributed by atoms with E-state index < -0.39 is 0 Å². The summed E-state index contributed by atoms with van der Waals surface area (Å²) in [5.41, 5.74) is 2.29. The van der Waals surface area contributed by atoms with Gasteiger partial charge in [0.25, 0.3) is 5.56 Å². The monoisotopic (exact) mass is 385 g/mol.